The van der Waals surface area contributed by atoms with Gasteiger partial charge in [0.05, 0.1) is 0 Å². The zero-order chi connectivity index (χ0) is 6.95. The maximum absolute atomic E-state index is 9.76. The Balaban J connectivity index is 2.66. The van der Waals surface area contributed by atoms with Crippen LogP contribution in [0.1, 0.15) is 12.8 Å². The minimum Gasteiger partial charge on any atom is -0.316 e. The first-order valence-electron chi connectivity index (χ1n) is 3.20. The van der Waals surface area contributed by atoms with Gasteiger partial charge >= 0.3 is 0 Å². The van der Waals surface area contributed by atoms with E-state index in [0.29, 0.717) is 13.0 Å². The molecule has 0 amide bonds. The second-order valence-electron chi connectivity index (χ2n) is 1.81. The van der Waals surface area contributed by atoms with Gasteiger partial charge in [-0.15, -0.1) is 0 Å². The molecule has 0 unspecified atom stereocenters. The van der Waals surface area contributed by atoms with Crippen LogP contribution in [0, 0.1) is 0 Å². The summed E-state index contributed by atoms with van der Waals surface area (Å²) in [5.41, 5.74) is 6.77. The van der Waals surface area contributed by atoms with Gasteiger partial charge in [0.15, 0.2) is 0 Å². The highest BCUT2D eigenvalue weighted by atomic mass is 16.1. The molecule has 3 heteroatoms. The number of aldehydes is 1. The van der Waals surface area contributed by atoms with Crippen LogP contribution in [0.3, 0.4) is 0 Å². The summed E-state index contributed by atoms with van der Waals surface area (Å²) in [6, 6.07) is 0. The first-order chi connectivity index (χ1) is 4.41. The Bertz CT molecular complexity index is 66.1. The van der Waals surface area contributed by atoms with Crippen LogP contribution < -0.4 is 11.1 Å². The van der Waals surface area contributed by atoms with Crippen molar-refractivity contribution in [3.05, 3.63) is 0 Å². The van der Waals surface area contributed by atoms with Crippen molar-refractivity contribution < 1.29 is 4.79 Å². The van der Waals surface area contributed by atoms with E-state index in [9.17, 15) is 4.79 Å². The van der Waals surface area contributed by atoms with Gasteiger partial charge in [0, 0.05) is 19.5 Å². The Kier molecular flexibility index (Phi) is 7.24. The van der Waals surface area contributed by atoms with E-state index in [0.717, 1.165) is 25.8 Å². The van der Waals surface area contributed by atoms with Crippen LogP contribution in [-0.2, 0) is 4.79 Å². The molecule has 53 valence electrons. The summed E-state index contributed by atoms with van der Waals surface area (Å²) in [4.78, 5) is 9.76. The van der Waals surface area contributed by atoms with Gasteiger partial charge in [0.2, 0.25) is 0 Å². The predicted octanol–water partition coefficient (Wildman–Crippen LogP) is -0.162. The van der Waals surface area contributed by atoms with Gasteiger partial charge in [-0.2, -0.15) is 0 Å². The molecule has 0 rings (SSSR count). The molecule has 0 aromatic heterocycles. The molecule has 0 heterocycles. The minimum atomic E-state index is 0.466. The van der Waals surface area contributed by atoms with E-state index in [2.05, 4.69) is 5.32 Å². The lowest BCUT2D eigenvalue weighted by atomic mass is 10.4. The number of carbonyl (C=O) groups excluding carboxylic acids is 1. The zero-order valence-corrected chi connectivity index (χ0v) is 5.52. The molecule has 3 nitrogen and oxygen atoms in total. The molecule has 0 spiro atoms. The van der Waals surface area contributed by atoms with E-state index in [1.807, 2.05) is 0 Å². The summed E-state index contributed by atoms with van der Waals surface area (Å²) >= 11 is 0. The van der Waals surface area contributed by atoms with E-state index < -0.39 is 0 Å². The van der Waals surface area contributed by atoms with Crippen molar-refractivity contribution in [1.82, 2.24) is 11.1 Å². The topological polar surface area (TPSA) is 52.9 Å². The van der Waals surface area contributed by atoms with Crippen molar-refractivity contribution in [2.75, 3.05) is 19.6 Å². The highest BCUT2D eigenvalue weighted by Crippen LogP contribution is 1.71. The SMILES string of the molecule is [NH]CCCNCCC=O. The van der Waals surface area contributed by atoms with Crippen LogP contribution in [0.4, 0.5) is 0 Å². The number of carbonyl (C=O) groups is 1. The van der Waals surface area contributed by atoms with Crippen LogP contribution in [0.5, 0.6) is 0 Å². The summed E-state index contributed by atoms with van der Waals surface area (Å²) in [6.45, 7) is 2.08. The fourth-order valence-corrected chi connectivity index (χ4v) is 0.499. The van der Waals surface area contributed by atoms with Crippen LogP contribution in [0.15, 0.2) is 0 Å². The van der Waals surface area contributed by atoms with E-state index in [1.54, 1.807) is 0 Å². The summed E-state index contributed by atoms with van der Waals surface area (Å²) in [5.74, 6) is 0. The number of hydrogen-bond acceptors (Lipinski definition) is 2. The highest BCUT2D eigenvalue weighted by Gasteiger charge is 1.83. The Morgan fingerprint density at radius 3 is 2.78 bits per heavy atom. The summed E-state index contributed by atoms with van der Waals surface area (Å²) in [6.07, 6.45) is 2.35. The average Bonchev–Trinajstić information content (AvgIpc) is 1.89. The monoisotopic (exact) mass is 129 g/mol. The lowest BCUT2D eigenvalue weighted by Crippen LogP contribution is -2.17. The van der Waals surface area contributed by atoms with Gasteiger partial charge in [-0.1, -0.05) is 0 Å². The largest absolute Gasteiger partial charge is 0.316 e. The van der Waals surface area contributed by atoms with Gasteiger partial charge in [-0.3, -0.25) is 5.73 Å². The normalized spacial score (nSPS) is 9.44. The molecule has 0 saturated carbocycles. The second kappa shape index (κ2) is 7.59. The van der Waals surface area contributed by atoms with Crippen LogP contribution in [0.25, 0.3) is 0 Å². The van der Waals surface area contributed by atoms with Crippen molar-refractivity contribution in [3.8, 4) is 0 Å². The Hall–Kier alpha value is -0.410. The third-order valence-corrected chi connectivity index (χ3v) is 0.969. The second-order valence-corrected chi connectivity index (χ2v) is 1.81. The Labute approximate surface area is 55.6 Å². The minimum absolute atomic E-state index is 0.466. The van der Waals surface area contributed by atoms with Crippen LogP contribution in [0.2, 0.25) is 0 Å². The standard InChI is InChI=1S/C6H13N2O/c7-3-1-4-8-5-2-6-9/h6-8H,1-5H2. The van der Waals surface area contributed by atoms with Crippen LogP contribution in [-0.4, -0.2) is 25.9 Å². The molecule has 0 aliphatic heterocycles. The van der Waals surface area contributed by atoms with Crippen molar-refractivity contribution in [1.29, 1.82) is 0 Å². The average molecular weight is 129 g/mol. The maximum atomic E-state index is 9.76. The zero-order valence-electron chi connectivity index (χ0n) is 5.52. The molecule has 0 aliphatic rings. The first kappa shape index (κ1) is 8.59. The highest BCUT2D eigenvalue weighted by molar-refractivity contribution is 5.49. The van der Waals surface area contributed by atoms with E-state index in [4.69, 9.17) is 5.73 Å². The van der Waals surface area contributed by atoms with E-state index in [1.165, 1.54) is 0 Å². The Morgan fingerprint density at radius 2 is 2.22 bits per heavy atom. The molecule has 0 saturated heterocycles. The molecule has 9 heavy (non-hydrogen) atoms. The molecule has 0 aliphatic carbocycles. The molecular weight excluding hydrogens is 116 g/mol. The molecule has 0 aromatic rings. The maximum Gasteiger partial charge on any atom is 0.121 e. The molecule has 1 radical (unpaired) electrons. The van der Waals surface area contributed by atoms with Gasteiger partial charge < -0.3 is 10.1 Å². The van der Waals surface area contributed by atoms with Gasteiger partial charge in [0.25, 0.3) is 0 Å². The molecule has 0 fully saturated rings. The molecular formula is C6H13N2O. The number of nitrogens with one attached hydrogen (secondary N) is 2. The summed E-state index contributed by atoms with van der Waals surface area (Å²) in [7, 11) is 0. The van der Waals surface area contributed by atoms with Crippen LogP contribution >= 0.6 is 0 Å². The third-order valence-electron chi connectivity index (χ3n) is 0.969. The number of hydrogen-bond donors (Lipinski definition) is 1. The van der Waals surface area contributed by atoms with Crippen molar-refractivity contribution >= 4 is 6.29 Å². The molecule has 0 atom stereocenters. The van der Waals surface area contributed by atoms with Crippen molar-refractivity contribution in [2.45, 2.75) is 12.8 Å². The molecule has 2 N–H and O–H groups in total. The number of rotatable bonds is 6. The summed E-state index contributed by atoms with van der Waals surface area (Å²) in [5, 5.41) is 3.04. The molecule has 0 aromatic carbocycles. The quantitative estimate of drug-likeness (QED) is 0.400. The summed E-state index contributed by atoms with van der Waals surface area (Å²) < 4.78 is 0. The Morgan fingerprint density at radius 1 is 1.44 bits per heavy atom. The van der Waals surface area contributed by atoms with Crippen molar-refractivity contribution in [3.63, 3.8) is 0 Å². The van der Waals surface area contributed by atoms with Gasteiger partial charge in [-0.05, 0) is 13.0 Å². The fraction of sp³-hybridized carbons (Fsp3) is 0.833. The van der Waals surface area contributed by atoms with Gasteiger partial charge in [-0.25, -0.2) is 0 Å². The van der Waals surface area contributed by atoms with E-state index >= 15 is 0 Å². The van der Waals surface area contributed by atoms with E-state index in [-0.39, 0.29) is 0 Å². The van der Waals surface area contributed by atoms with Crippen molar-refractivity contribution in [2.24, 2.45) is 0 Å². The predicted molar refractivity (Wildman–Crippen MR) is 36.1 cm³/mol. The smallest absolute Gasteiger partial charge is 0.121 e. The molecule has 0 bridgehead atoms. The first-order valence-corrected chi connectivity index (χ1v) is 3.20. The lowest BCUT2D eigenvalue weighted by Gasteiger charge is -1.97. The third kappa shape index (κ3) is 7.59. The fourth-order valence-electron chi connectivity index (χ4n) is 0.499. The lowest BCUT2D eigenvalue weighted by molar-refractivity contribution is -0.107. The van der Waals surface area contributed by atoms with Gasteiger partial charge in [0.1, 0.15) is 6.29 Å².